The third-order valence-electron chi connectivity index (χ3n) is 2.64. The normalized spacial score (nSPS) is 10.2. The zero-order valence-electron chi connectivity index (χ0n) is 10.4. The summed E-state index contributed by atoms with van der Waals surface area (Å²) in [6.07, 6.45) is 0. The molecule has 98 valence electrons. The average Bonchev–Trinajstić information content (AvgIpc) is 2.38. The van der Waals surface area contributed by atoms with Crippen molar-refractivity contribution in [3.8, 4) is 11.5 Å². The summed E-state index contributed by atoms with van der Waals surface area (Å²) in [6.45, 7) is 1.54. The van der Waals surface area contributed by atoms with E-state index in [-0.39, 0.29) is 11.3 Å². The number of aliphatic hydroxyl groups excluding tert-OH is 1. The highest BCUT2D eigenvalue weighted by atomic mass is 16.6. The Morgan fingerprint density at radius 1 is 1.21 bits per heavy atom. The molecule has 5 heteroatoms. The fourth-order valence-electron chi connectivity index (χ4n) is 1.75. The molecule has 0 aliphatic heterocycles. The number of ether oxygens (including phenoxy) is 1. The minimum atomic E-state index is -0.526. The number of aryl methyl sites for hydroxylation is 1. The van der Waals surface area contributed by atoms with E-state index < -0.39 is 11.5 Å². The summed E-state index contributed by atoms with van der Waals surface area (Å²) in [6, 6.07) is 11.8. The van der Waals surface area contributed by atoms with Crippen molar-refractivity contribution >= 4 is 5.69 Å². The van der Waals surface area contributed by atoms with Gasteiger partial charge in [-0.15, -0.1) is 0 Å². The lowest BCUT2D eigenvalue weighted by molar-refractivity contribution is -0.385. The first-order valence-corrected chi connectivity index (χ1v) is 5.73. The Balaban J connectivity index is 2.29. The van der Waals surface area contributed by atoms with Gasteiger partial charge in [0.15, 0.2) is 0 Å². The lowest BCUT2D eigenvalue weighted by Crippen LogP contribution is -1.96. The van der Waals surface area contributed by atoms with Gasteiger partial charge >= 0.3 is 0 Å². The van der Waals surface area contributed by atoms with Crippen LogP contribution in [0.2, 0.25) is 0 Å². The predicted molar refractivity (Wildman–Crippen MR) is 70.3 cm³/mol. The molecule has 0 aliphatic rings. The summed E-state index contributed by atoms with van der Waals surface area (Å²) < 4.78 is 5.60. The van der Waals surface area contributed by atoms with Crippen LogP contribution in [0.5, 0.6) is 11.5 Å². The largest absolute Gasteiger partial charge is 0.457 e. The van der Waals surface area contributed by atoms with E-state index >= 15 is 0 Å². The van der Waals surface area contributed by atoms with Crippen LogP contribution >= 0.6 is 0 Å². The molecule has 0 saturated heterocycles. The minimum Gasteiger partial charge on any atom is -0.457 e. The Morgan fingerprint density at radius 3 is 2.58 bits per heavy atom. The quantitative estimate of drug-likeness (QED) is 0.676. The van der Waals surface area contributed by atoms with Gasteiger partial charge in [-0.3, -0.25) is 10.1 Å². The summed E-state index contributed by atoms with van der Waals surface area (Å²) in [5.41, 5.74) is 1.18. The van der Waals surface area contributed by atoms with Gasteiger partial charge in [0.1, 0.15) is 11.5 Å². The maximum atomic E-state index is 10.7. The number of hydrogen-bond donors (Lipinski definition) is 1. The highest BCUT2D eigenvalue weighted by molar-refractivity contribution is 5.46. The van der Waals surface area contributed by atoms with Gasteiger partial charge in [0.05, 0.1) is 17.1 Å². The van der Waals surface area contributed by atoms with Gasteiger partial charge in [0.2, 0.25) is 0 Å². The van der Waals surface area contributed by atoms with Crippen molar-refractivity contribution in [1.29, 1.82) is 0 Å². The molecule has 2 aromatic carbocycles. The highest BCUT2D eigenvalue weighted by Gasteiger charge is 2.13. The van der Waals surface area contributed by atoms with Crippen LogP contribution < -0.4 is 4.74 Å². The van der Waals surface area contributed by atoms with E-state index in [1.807, 2.05) is 25.1 Å². The second kappa shape index (κ2) is 5.49. The topological polar surface area (TPSA) is 72.6 Å². The zero-order valence-corrected chi connectivity index (χ0v) is 10.4. The first-order valence-electron chi connectivity index (χ1n) is 5.73. The van der Waals surface area contributed by atoms with Gasteiger partial charge in [-0.1, -0.05) is 12.1 Å². The molecule has 0 amide bonds. The molecule has 2 aromatic rings. The SMILES string of the molecule is Cc1cccc(Oc2ccc([N+](=O)[O-])c(CO)c2)c1. The molecule has 0 atom stereocenters. The maximum absolute atomic E-state index is 10.7. The van der Waals surface area contributed by atoms with E-state index in [1.54, 1.807) is 6.07 Å². The molecular formula is C14H13NO4. The average molecular weight is 259 g/mol. The second-order valence-corrected chi connectivity index (χ2v) is 4.12. The van der Waals surface area contributed by atoms with Crippen LogP contribution in [-0.4, -0.2) is 10.0 Å². The first kappa shape index (κ1) is 13.0. The molecule has 0 unspecified atom stereocenters. The summed E-state index contributed by atoms with van der Waals surface area (Å²) in [5.74, 6) is 1.11. The van der Waals surface area contributed by atoms with Crippen molar-refractivity contribution in [3.63, 3.8) is 0 Å². The van der Waals surface area contributed by atoms with Crippen molar-refractivity contribution in [2.75, 3.05) is 0 Å². The number of nitro groups is 1. The molecule has 0 saturated carbocycles. The monoisotopic (exact) mass is 259 g/mol. The van der Waals surface area contributed by atoms with Crippen LogP contribution in [0, 0.1) is 17.0 Å². The van der Waals surface area contributed by atoms with Gasteiger partial charge in [-0.25, -0.2) is 0 Å². The molecule has 0 heterocycles. The molecular weight excluding hydrogens is 246 g/mol. The summed E-state index contributed by atoms with van der Waals surface area (Å²) in [4.78, 5) is 10.2. The summed E-state index contributed by atoms with van der Waals surface area (Å²) in [7, 11) is 0. The predicted octanol–water partition coefficient (Wildman–Crippen LogP) is 3.19. The Bertz CT molecular complexity index is 610. The third-order valence-corrected chi connectivity index (χ3v) is 2.64. The Hall–Kier alpha value is -2.40. The van der Waals surface area contributed by atoms with Gasteiger partial charge in [-0.2, -0.15) is 0 Å². The van der Waals surface area contributed by atoms with Gasteiger partial charge in [0.25, 0.3) is 5.69 Å². The van der Waals surface area contributed by atoms with E-state index in [0.717, 1.165) is 5.56 Å². The lowest BCUT2D eigenvalue weighted by Gasteiger charge is -2.08. The third kappa shape index (κ3) is 3.08. The molecule has 2 rings (SSSR count). The van der Waals surface area contributed by atoms with Crippen molar-refractivity contribution in [3.05, 3.63) is 63.7 Å². The van der Waals surface area contributed by atoms with Gasteiger partial charge in [0, 0.05) is 6.07 Å². The van der Waals surface area contributed by atoms with Gasteiger partial charge in [-0.05, 0) is 36.8 Å². The first-order chi connectivity index (χ1) is 9.10. The minimum absolute atomic E-state index is 0.112. The van der Waals surface area contributed by atoms with Crippen molar-refractivity contribution in [2.24, 2.45) is 0 Å². The van der Waals surface area contributed by atoms with Crippen molar-refractivity contribution in [1.82, 2.24) is 0 Å². The Kier molecular flexibility index (Phi) is 3.77. The standard InChI is InChI=1S/C14H13NO4/c1-10-3-2-4-12(7-10)19-13-5-6-14(15(17)18)11(8-13)9-16/h2-8,16H,9H2,1H3. The number of rotatable bonds is 4. The van der Waals surface area contributed by atoms with Crippen LogP contribution in [0.4, 0.5) is 5.69 Å². The Morgan fingerprint density at radius 2 is 1.95 bits per heavy atom. The maximum Gasteiger partial charge on any atom is 0.275 e. The number of nitrogens with zero attached hydrogens (tertiary/aromatic N) is 1. The lowest BCUT2D eigenvalue weighted by atomic mass is 10.2. The summed E-state index contributed by atoms with van der Waals surface area (Å²) >= 11 is 0. The number of hydrogen-bond acceptors (Lipinski definition) is 4. The molecule has 0 aliphatic carbocycles. The highest BCUT2D eigenvalue weighted by Crippen LogP contribution is 2.28. The molecule has 1 N–H and O–H groups in total. The number of aliphatic hydroxyl groups is 1. The van der Waals surface area contributed by atoms with Crippen LogP contribution in [-0.2, 0) is 6.61 Å². The molecule has 0 radical (unpaired) electrons. The number of nitro benzene ring substituents is 1. The molecule has 19 heavy (non-hydrogen) atoms. The molecule has 5 nitrogen and oxygen atoms in total. The van der Waals surface area contributed by atoms with E-state index in [1.165, 1.54) is 18.2 Å². The van der Waals surface area contributed by atoms with E-state index in [9.17, 15) is 10.1 Å². The second-order valence-electron chi connectivity index (χ2n) is 4.12. The van der Waals surface area contributed by atoms with E-state index in [2.05, 4.69) is 0 Å². The molecule has 0 fully saturated rings. The van der Waals surface area contributed by atoms with Crippen molar-refractivity contribution < 1.29 is 14.8 Å². The fourth-order valence-corrected chi connectivity index (χ4v) is 1.75. The van der Waals surface area contributed by atoms with Crippen LogP contribution in [0.25, 0.3) is 0 Å². The Labute approximate surface area is 110 Å². The smallest absolute Gasteiger partial charge is 0.275 e. The van der Waals surface area contributed by atoms with Crippen molar-refractivity contribution in [2.45, 2.75) is 13.5 Å². The number of benzene rings is 2. The van der Waals surface area contributed by atoms with Gasteiger partial charge < -0.3 is 9.84 Å². The zero-order chi connectivity index (χ0) is 13.8. The molecule has 0 spiro atoms. The van der Waals surface area contributed by atoms with E-state index in [4.69, 9.17) is 9.84 Å². The van der Waals surface area contributed by atoms with Crippen LogP contribution in [0.1, 0.15) is 11.1 Å². The molecule has 0 bridgehead atoms. The van der Waals surface area contributed by atoms with Crippen LogP contribution in [0.15, 0.2) is 42.5 Å². The fraction of sp³-hybridized carbons (Fsp3) is 0.143. The molecule has 0 aromatic heterocycles. The summed E-state index contributed by atoms with van der Waals surface area (Å²) in [5, 5.41) is 19.9. The van der Waals surface area contributed by atoms with Crippen LogP contribution in [0.3, 0.4) is 0 Å². The van der Waals surface area contributed by atoms with E-state index in [0.29, 0.717) is 11.5 Å².